The fraction of sp³-hybridized carbons (Fsp3) is 0.600. The molecule has 1 unspecified atom stereocenters. The van der Waals surface area contributed by atoms with E-state index < -0.39 is 0 Å². The Labute approximate surface area is 179 Å². The number of rotatable bonds is 8. The molecule has 1 aliphatic carbocycles. The maximum atomic E-state index is 12.6. The van der Waals surface area contributed by atoms with Crippen LogP contribution in [0.4, 0.5) is 5.00 Å². The van der Waals surface area contributed by atoms with Gasteiger partial charge in [-0.05, 0) is 37.2 Å². The van der Waals surface area contributed by atoms with Gasteiger partial charge in [-0.1, -0.05) is 32.5 Å². The minimum absolute atomic E-state index is 0.157. The Balaban J connectivity index is 1.73. The van der Waals surface area contributed by atoms with E-state index in [1.54, 1.807) is 0 Å². The fourth-order valence-corrected chi connectivity index (χ4v) is 5.78. The molecule has 29 heavy (non-hydrogen) atoms. The van der Waals surface area contributed by atoms with Crippen molar-refractivity contribution in [2.75, 3.05) is 18.2 Å². The van der Waals surface area contributed by atoms with Crippen molar-refractivity contribution in [2.24, 2.45) is 5.92 Å². The number of nitrogens with zero attached hydrogens (tertiary/aromatic N) is 3. The predicted octanol–water partition coefficient (Wildman–Crippen LogP) is 3.95. The Bertz CT molecular complexity index is 891. The lowest BCUT2D eigenvalue weighted by atomic mass is 9.88. The molecule has 3 rings (SSSR count). The molecule has 2 aromatic rings. The molecule has 1 aliphatic rings. The molecule has 1 amide bonds. The van der Waals surface area contributed by atoms with Gasteiger partial charge in [-0.15, -0.1) is 21.5 Å². The van der Waals surface area contributed by atoms with Crippen LogP contribution < -0.4 is 5.32 Å². The number of aryl methyl sites for hydroxylation is 1. The molecule has 7 nitrogen and oxygen atoms in total. The Morgan fingerprint density at radius 2 is 2.14 bits per heavy atom. The number of thiophene rings is 1. The number of hydrogen-bond donors (Lipinski definition) is 1. The van der Waals surface area contributed by atoms with Gasteiger partial charge in [0.2, 0.25) is 5.91 Å². The number of methoxy groups -OCH3 is 1. The van der Waals surface area contributed by atoms with Gasteiger partial charge in [0.1, 0.15) is 10.8 Å². The van der Waals surface area contributed by atoms with E-state index in [2.05, 4.69) is 33.9 Å². The topological polar surface area (TPSA) is 86.1 Å². The fourth-order valence-electron chi connectivity index (χ4n) is 3.59. The number of hydrogen-bond acceptors (Lipinski definition) is 7. The molecule has 0 aromatic carbocycles. The number of ether oxygens (including phenoxy) is 1. The molecule has 2 aromatic heterocycles. The van der Waals surface area contributed by atoms with Crippen molar-refractivity contribution in [3.8, 4) is 0 Å². The van der Waals surface area contributed by atoms with Crippen molar-refractivity contribution in [2.45, 2.75) is 64.6 Å². The second kappa shape index (κ2) is 9.75. The highest BCUT2D eigenvalue weighted by Gasteiger charge is 2.29. The van der Waals surface area contributed by atoms with Crippen LogP contribution in [0.25, 0.3) is 0 Å². The summed E-state index contributed by atoms with van der Waals surface area (Å²) in [5, 5.41) is 12.7. The van der Waals surface area contributed by atoms with Gasteiger partial charge in [-0.2, -0.15) is 0 Å². The number of esters is 1. The monoisotopic (exact) mass is 436 g/mol. The summed E-state index contributed by atoms with van der Waals surface area (Å²) < 4.78 is 7.06. The third-order valence-corrected chi connectivity index (χ3v) is 7.18. The number of fused-ring (bicyclic) bond motifs is 1. The number of amides is 1. The standard InChI is InChI=1S/C20H28N4O3S2/c1-5-9-24-15(6-2)22-23-20(24)28-11-16(25)21-18-17(19(26)27-4)13-8-7-12(3)10-14(13)29-18/h12H,5-11H2,1-4H3,(H,21,25). The van der Waals surface area contributed by atoms with Gasteiger partial charge in [-0.25, -0.2) is 4.79 Å². The van der Waals surface area contributed by atoms with E-state index in [0.29, 0.717) is 16.5 Å². The van der Waals surface area contributed by atoms with Crippen molar-refractivity contribution >= 4 is 40.0 Å². The Morgan fingerprint density at radius 3 is 2.83 bits per heavy atom. The van der Waals surface area contributed by atoms with E-state index in [0.717, 1.165) is 55.2 Å². The van der Waals surface area contributed by atoms with Gasteiger partial charge >= 0.3 is 5.97 Å². The van der Waals surface area contributed by atoms with E-state index in [4.69, 9.17) is 4.74 Å². The quantitative estimate of drug-likeness (QED) is 0.498. The van der Waals surface area contributed by atoms with Crippen molar-refractivity contribution in [3.05, 3.63) is 21.8 Å². The van der Waals surface area contributed by atoms with Crippen molar-refractivity contribution in [1.82, 2.24) is 14.8 Å². The lowest BCUT2D eigenvalue weighted by molar-refractivity contribution is -0.113. The Morgan fingerprint density at radius 1 is 1.34 bits per heavy atom. The van der Waals surface area contributed by atoms with Gasteiger partial charge < -0.3 is 14.6 Å². The van der Waals surface area contributed by atoms with Crippen LogP contribution in [0.1, 0.15) is 60.2 Å². The van der Waals surface area contributed by atoms with Crippen LogP contribution >= 0.6 is 23.1 Å². The number of aromatic nitrogens is 3. The van der Waals surface area contributed by atoms with Crippen LogP contribution in [0.5, 0.6) is 0 Å². The second-order valence-corrected chi connectivity index (χ2v) is 9.34. The number of thioether (sulfide) groups is 1. The maximum Gasteiger partial charge on any atom is 0.341 e. The highest BCUT2D eigenvalue weighted by molar-refractivity contribution is 7.99. The van der Waals surface area contributed by atoms with Gasteiger partial charge in [0, 0.05) is 17.8 Å². The molecule has 158 valence electrons. The summed E-state index contributed by atoms with van der Waals surface area (Å²) in [6.07, 6.45) is 4.62. The SMILES string of the molecule is CCCn1c(CC)nnc1SCC(=O)Nc1sc2c(c1C(=O)OC)CCC(C)C2. The summed E-state index contributed by atoms with van der Waals surface area (Å²) in [5.74, 6) is 1.20. The van der Waals surface area contributed by atoms with E-state index >= 15 is 0 Å². The minimum atomic E-state index is -0.379. The van der Waals surface area contributed by atoms with E-state index in [-0.39, 0.29) is 17.6 Å². The van der Waals surface area contributed by atoms with E-state index in [9.17, 15) is 9.59 Å². The maximum absolute atomic E-state index is 12.6. The number of nitrogens with one attached hydrogen (secondary N) is 1. The molecule has 1 atom stereocenters. The minimum Gasteiger partial charge on any atom is -0.465 e. The largest absolute Gasteiger partial charge is 0.465 e. The van der Waals surface area contributed by atoms with Crippen molar-refractivity contribution in [1.29, 1.82) is 0 Å². The van der Waals surface area contributed by atoms with E-state index in [1.807, 2.05) is 6.92 Å². The molecule has 0 saturated heterocycles. The molecule has 0 fully saturated rings. The average Bonchev–Trinajstić information content (AvgIpc) is 3.26. The lowest BCUT2D eigenvalue weighted by Crippen LogP contribution is -2.17. The van der Waals surface area contributed by atoms with Crippen LogP contribution in [0.2, 0.25) is 0 Å². The lowest BCUT2D eigenvalue weighted by Gasteiger charge is -2.18. The highest BCUT2D eigenvalue weighted by Crippen LogP contribution is 2.40. The van der Waals surface area contributed by atoms with Crippen molar-refractivity contribution < 1.29 is 14.3 Å². The van der Waals surface area contributed by atoms with Gasteiger partial charge in [-0.3, -0.25) is 4.79 Å². The summed E-state index contributed by atoms with van der Waals surface area (Å²) >= 11 is 2.87. The Kier molecular flexibility index (Phi) is 7.34. The second-order valence-electron chi connectivity index (χ2n) is 7.29. The van der Waals surface area contributed by atoms with Crippen LogP contribution in [0.15, 0.2) is 5.16 Å². The van der Waals surface area contributed by atoms with Crippen LogP contribution in [-0.2, 0) is 35.3 Å². The molecular weight excluding hydrogens is 408 g/mol. The zero-order valence-corrected chi connectivity index (χ0v) is 19.0. The Hall–Kier alpha value is -1.87. The highest BCUT2D eigenvalue weighted by atomic mass is 32.2. The van der Waals surface area contributed by atoms with Gasteiger partial charge in [0.15, 0.2) is 5.16 Å². The first kappa shape index (κ1) is 21.8. The zero-order valence-electron chi connectivity index (χ0n) is 17.4. The molecule has 1 N–H and O–H groups in total. The number of anilines is 1. The molecular formula is C20H28N4O3S2. The first-order chi connectivity index (χ1) is 14.0. The smallest absolute Gasteiger partial charge is 0.341 e. The van der Waals surface area contributed by atoms with Crippen molar-refractivity contribution in [3.63, 3.8) is 0 Å². The third-order valence-electron chi connectivity index (χ3n) is 5.04. The average molecular weight is 437 g/mol. The molecule has 0 radical (unpaired) electrons. The van der Waals surface area contributed by atoms with Gasteiger partial charge in [0.25, 0.3) is 0 Å². The molecule has 0 spiro atoms. The third kappa shape index (κ3) is 4.83. The first-order valence-electron chi connectivity index (χ1n) is 10.1. The molecule has 0 saturated carbocycles. The molecule has 2 heterocycles. The summed E-state index contributed by atoms with van der Waals surface area (Å²) in [4.78, 5) is 26.2. The van der Waals surface area contributed by atoms with Crippen LogP contribution in [-0.4, -0.2) is 39.5 Å². The van der Waals surface area contributed by atoms with Crippen LogP contribution in [0.3, 0.4) is 0 Å². The predicted molar refractivity (Wildman–Crippen MR) is 116 cm³/mol. The number of carbonyl (C=O) groups excluding carboxylic acids is 2. The molecule has 9 heteroatoms. The summed E-state index contributed by atoms with van der Waals surface area (Å²) in [5.41, 5.74) is 1.57. The van der Waals surface area contributed by atoms with Crippen LogP contribution in [0, 0.1) is 5.92 Å². The zero-order chi connectivity index (χ0) is 21.0. The molecule has 0 aliphatic heterocycles. The first-order valence-corrected chi connectivity index (χ1v) is 11.9. The van der Waals surface area contributed by atoms with E-state index in [1.165, 1.54) is 35.1 Å². The normalized spacial score (nSPS) is 15.8. The molecule has 0 bridgehead atoms. The van der Waals surface area contributed by atoms with Gasteiger partial charge in [0.05, 0.1) is 18.4 Å². The summed E-state index contributed by atoms with van der Waals surface area (Å²) in [7, 11) is 1.38. The number of carbonyl (C=O) groups is 2. The summed E-state index contributed by atoms with van der Waals surface area (Å²) in [6, 6.07) is 0. The summed E-state index contributed by atoms with van der Waals surface area (Å²) in [6.45, 7) is 7.20.